The van der Waals surface area contributed by atoms with E-state index in [1.165, 1.54) is 38.5 Å². The van der Waals surface area contributed by atoms with Crippen LogP contribution in [0.15, 0.2) is 0 Å². The van der Waals surface area contributed by atoms with Crippen LogP contribution < -0.4 is 0 Å². The van der Waals surface area contributed by atoms with Gasteiger partial charge in [-0.25, -0.2) is 0 Å². The van der Waals surface area contributed by atoms with Crippen LogP contribution in [0.1, 0.15) is 66.2 Å². The lowest BCUT2D eigenvalue weighted by Crippen LogP contribution is -2.41. The van der Waals surface area contributed by atoms with Crippen LogP contribution in [-0.4, -0.2) is 0 Å². The highest BCUT2D eigenvalue weighted by Gasteiger charge is 2.44. The first kappa shape index (κ1) is 11.5. The van der Waals surface area contributed by atoms with Crippen molar-refractivity contribution in [3.63, 3.8) is 0 Å². The highest BCUT2D eigenvalue weighted by atomic mass is 14.5. The monoisotopic (exact) mass is 208 g/mol. The zero-order valence-corrected chi connectivity index (χ0v) is 11.1. The maximum Gasteiger partial charge on any atom is -0.0295 e. The minimum Gasteiger partial charge on any atom is -0.0625 e. The highest BCUT2D eigenvalue weighted by Crippen LogP contribution is 2.54. The van der Waals surface area contributed by atoms with Crippen LogP contribution in [0.4, 0.5) is 0 Å². The van der Waals surface area contributed by atoms with Gasteiger partial charge in [0.15, 0.2) is 0 Å². The lowest BCUT2D eigenvalue weighted by atomic mass is 9.54. The molecule has 0 spiro atoms. The predicted molar refractivity (Wildman–Crippen MR) is 66.8 cm³/mol. The van der Waals surface area contributed by atoms with Gasteiger partial charge in [-0.05, 0) is 54.8 Å². The molecule has 0 aromatic rings. The SMILES string of the molecule is CC(C)C1CC[C@@]2(C)CCC[C@@H](C)[C@@H]2C1. The van der Waals surface area contributed by atoms with Crippen molar-refractivity contribution >= 4 is 0 Å². The third-order valence-corrected chi connectivity index (χ3v) is 5.58. The van der Waals surface area contributed by atoms with Gasteiger partial charge in [-0.15, -0.1) is 0 Å². The van der Waals surface area contributed by atoms with Crippen LogP contribution in [0.25, 0.3) is 0 Å². The maximum absolute atomic E-state index is 2.57. The van der Waals surface area contributed by atoms with Gasteiger partial charge in [-0.2, -0.15) is 0 Å². The summed E-state index contributed by atoms with van der Waals surface area (Å²) in [6.07, 6.45) is 9.01. The van der Waals surface area contributed by atoms with Gasteiger partial charge in [0.05, 0.1) is 0 Å². The van der Waals surface area contributed by atoms with Crippen molar-refractivity contribution < 1.29 is 0 Å². The predicted octanol–water partition coefficient (Wildman–Crippen LogP) is 4.89. The average Bonchev–Trinajstić information content (AvgIpc) is 2.17. The van der Waals surface area contributed by atoms with Crippen LogP contribution in [0.2, 0.25) is 0 Å². The van der Waals surface area contributed by atoms with Crippen molar-refractivity contribution in [2.75, 3.05) is 0 Å². The molecule has 4 atom stereocenters. The summed E-state index contributed by atoms with van der Waals surface area (Å²) in [5.41, 5.74) is 0.711. The van der Waals surface area contributed by atoms with Gasteiger partial charge >= 0.3 is 0 Å². The molecular weight excluding hydrogens is 180 g/mol. The molecule has 0 aliphatic heterocycles. The standard InChI is InChI=1S/C15H28/c1-11(2)13-7-9-15(4)8-5-6-12(3)14(15)10-13/h11-14H,5-10H2,1-4H3/t12-,13?,14+,15-/m1/s1. The fourth-order valence-corrected chi connectivity index (χ4v) is 4.29. The molecule has 2 fully saturated rings. The third-order valence-electron chi connectivity index (χ3n) is 5.58. The zero-order valence-electron chi connectivity index (χ0n) is 11.1. The fourth-order valence-electron chi connectivity index (χ4n) is 4.29. The first-order valence-electron chi connectivity index (χ1n) is 7.03. The molecule has 0 amide bonds. The Morgan fingerprint density at radius 1 is 1.13 bits per heavy atom. The molecule has 0 aromatic carbocycles. The first-order chi connectivity index (χ1) is 7.03. The van der Waals surface area contributed by atoms with E-state index < -0.39 is 0 Å². The van der Waals surface area contributed by atoms with E-state index in [2.05, 4.69) is 27.7 Å². The van der Waals surface area contributed by atoms with Crippen molar-refractivity contribution in [1.29, 1.82) is 0 Å². The summed E-state index contributed by atoms with van der Waals surface area (Å²) < 4.78 is 0. The summed E-state index contributed by atoms with van der Waals surface area (Å²) in [5, 5.41) is 0. The maximum atomic E-state index is 2.57. The van der Waals surface area contributed by atoms with E-state index in [9.17, 15) is 0 Å². The van der Waals surface area contributed by atoms with Crippen molar-refractivity contribution in [3.8, 4) is 0 Å². The molecule has 2 aliphatic carbocycles. The Balaban J connectivity index is 2.09. The molecule has 2 saturated carbocycles. The van der Waals surface area contributed by atoms with E-state index in [1.807, 2.05) is 0 Å². The Labute approximate surface area is 95.8 Å². The van der Waals surface area contributed by atoms with Crippen LogP contribution in [-0.2, 0) is 0 Å². The Hall–Kier alpha value is 0. The van der Waals surface area contributed by atoms with Gasteiger partial charge in [0.1, 0.15) is 0 Å². The van der Waals surface area contributed by atoms with Gasteiger partial charge in [-0.1, -0.05) is 40.5 Å². The van der Waals surface area contributed by atoms with E-state index in [-0.39, 0.29) is 0 Å². The Bertz CT molecular complexity index is 218. The molecule has 0 saturated heterocycles. The van der Waals surface area contributed by atoms with E-state index >= 15 is 0 Å². The van der Waals surface area contributed by atoms with Crippen molar-refractivity contribution in [2.45, 2.75) is 66.2 Å². The Morgan fingerprint density at radius 3 is 2.53 bits per heavy atom. The number of hydrogen-bond acceptors (Lipinski definition) is 0. The quantitative estimate of drug-likeness (QED) is 0.576. The second-order valence-corrected chi connectivity index (χ2v) is 6.91. The van der Waals surface area contributed by atoms with Gasteiger partial charge in [0, 0.05) is 0 Å². The van der Waals surface area contributed by atoms with Crippen LogP contribution in [0.3, 0.4) is 0 Å². The van der Waals surface area contributed by atoms with Gasteiger partial charge in [0.25, 0.3) is 0 Å². The van der Waals surface area contributed by atoms with E-state index in [0.717, 1.165) is 23.7 Å². The van der Waals surface area contributed by atoms with Crippen LogP contribution in [0.5, 0.6) is 0 Å². The van der Waals surface area contributed by atoms with Gasteiger partial charge in [-0.3, -0.25) is 0 Å². The normalized spacial score (nSPS) is 46.6. The van der Waals surface area contributed by atoms with Gasteiger partial charge in [0.2, 0.25) is 0 Å². The number of fused-ring (bicyclic) bond motifs is 1. The smallest absolute Gasteiger partial charge is 0.0295 e. The average molecular weight is 208 g/mol. The highest BCUT2D eigenvalue weighted by molar-refractivity contribution is 4.94. The lowest BCUT2D eigenvalue weighted by molar-refractivity contribution is -0.00939. The summed E-state index contributed by atoms with van der Waals surface area (Å²) >= 11 is 0. The molecule has 0 aromatic heterocycles. The molecule has 0 bridgehead atoms. The summed E-state index contributed by atoms with van der Waals surface area (Å²) in [4.78, 5) is 0. The lowest BCUT2D eigenvalue weighted by Gasteiger charge is -2.51. The minimum atomic E-state index is 0.711. The van der Waals surface area contributed by atoms with Crippen LogP contribution >= 0.6 is 0 Å². The Morgan fingerprint density at radius 2 is 1.87 bits per heavy atom. The first-order valence-corrected chi connectivity index (χ1v) is 7.03. The Kier molecular flexibility index (Phi) is 3.14. The molecule has 0 nitrogen and oxygen atoms in total. The van der Waals surface area contributed by atoms with Crippen LogP contribution in [0, 0.1) is 29.1 Å². The molecule has 0 heteroatoms. The van der Waals surface area contributed by atoms with E-state index in [1.54, 1.807) is 0 Å². The molecule has 2 rings (SSSR count). The fraction of sp³-hybridized carbons (Fsp3) is 1.00. The summed E-state index contributed by atoms with van der Waals surface area (Å²) in [6, 6.07) is 0. The number of rotatable bonds is 1. The topological polar surface area (TPSA) is 0 Å². The molecule has 15 heavy (non-hydrogen) atoms. The van der Waals surface area contributed by atoms with Crippen molar-refractivity contribution in [1.82, 2.24) is 0 Å². The van der Waals surface area contributed by atoms with Gasteiger partial charge < -0.3 is 0 Å². The number of hydrogen-bond donors (Lipinski definition) is 0. The van der Waals surface area contributed by atoms with E-state index in [4.69, 9.17) is 0 Å². The molecule has 0 N–H and O–H groups in total. The summed E-state index contributed by atoms with van der Waals surface area (Å²) in [6.45, 7) is 9.91. The molecule has 2 aliphatic rings. The summed E-state index contributed by atoms with van der Waals surface area (Å²) in [5.74, 6) is 3.95. The minimum absolute atomic E-state index is 0.711. The molecule has 1 unspecified atom stereocenters. The second kappa shape index (κ2) is 4.11. The third kappa shape index (κ3) is 2.10. The molecular formula is C15H28. The molecule has 0 radical (unpaired) electrons. The summed E-state index contributed by atoms with van der Waals surface area (Å²) in [7, 11) is 0. The second-order valence-electron chi connectivity index (χ2n) is 6.91. The molecule has 0 heterocycles. The largest absolute Gasteiger partial charge is 0.0625 e. The van der Waals surface area contributed by atoms with E-state index in [0.29, 0.717) is 5.41 Å². The van der Waals surface area contributed by atoms with Crippen molar-refractivity contribution in [2.24, 2.45) is 29.1 Å². The zero-order chi connectivity index (χ0) is 11.1. The molecule has 88 valence electrons. The van der Waals surface area contributed by atoms with Crippen molar-refractivity contribution in [3.05, 3.63) is 0 Å².